The molecular formula is C20H21N3OS. The quantitative estimate of drug-likeness (QED) is 0.846. The standard InChI is InChI=1S/C20H21N3OS/c1-15(22(2)14-17-7-5-6-16(12-17)13-21)20(24)23-10-11-25-19-9-4-3-8-18(19)23/h3-9,12,15H,10-11,14H2,1-2H3. The number of hydrogen-bond donors (Lipinski definition) is 0. The maximum Gasteiger partial charge on any atom is 0.244 e. The molecule has 1 heterocycles. The molecule has 5 heteroatoms. The predicted molar refractivity (Wildman–Crippen MR) is 102 cm³/mol. The van der Waals surface area contributed by atoms with Gasteiger partial charge in [0.1, 0.15) is 0 Å². The molecule has 0 bridgehead atoms. The van der Waals surface area contributed by atoms with Crippen LogP contribution in [0, 0.1) is 11.3 Å². The normalized spacial score (nSPS) is 14.7. The average molecular weight is 351 g/mol. The molecule has 2 aromatic carbocycles. The van der Waals surface area contributed by atoms with Crippen LogP contribution in [0.15, 0.2) is 53.4 Å². The molecule has 0 aromatic heterocycles. The summed E-state index contributed by atoms with van der Waals surface area (Å²) in [5.41, 5.74) is 2.69. The first-order chi connectivity index (χ1) is 12.1. The maximum absolute atomic E-state index is 13.0. The summed E-state index contributed by atoms with van der Waals surface area (Å²) in [5.74, 6) is 1.04. The van der Waals surface area contributed by atoms with Crippen LogP contribution < -0.4 is 4.90 Å². The Morgan fingerprint density at radius 1 is 1.32 bits per heavy atom. The number of para-hydroxylation sites is 1. The Morgan fingerprint density at radius 2 is 2.12 bits per heavy atom. The Morgan fingerprint density at radius 3 is 2.92 bits per heavy atom. The second-order valence-electron chi connectivity index (χ2n) is 6.21. The second-order valence-corrected chi connectivity index (χ2v) is 7.35. The number of rotatable bonds is 4. The van der Waals surface area contributed by atoms with Crippen molar-refractivity contribution in [3.05, 3.63) is 59.7 Å². The van der Waals surface area contributed by atoms with Gasteiger partial charge in [-0.15, -0.1) is 11.8 Å². The smallest absolute Gasteiger partial charge is 0.244 e. The first-order valence-corrected chi connectivity index (χ1v) is 9.31. The van der Waals surface area contributed by atoms with Gasteiger partial charge in [-0.1, -0.05) is 24.3 Å². The number of likely N-dealkylation sites (N-methyl/N-ethyl adjacent to an activating group) is 1. The van der Waals surface area contributed by atoms with E-state index in [1.807, 2.05) is 60.2 Å². The zero-order chi connectivity index (χ0) is 17.8. The molecule has 0 fully saturated rings. The summed E-state index contributed by atoms with van der Waals surface area (Å²) in [5, 5.41) is 9.03. The van der Waals surface area contributed by atoms with Gasteiger partial charge in [-0.2, -0.15) is 5.26 Å². The van der Waals surface area contributed by atoms with Crippen LogP contribution in [0.4, 0.5) is 5.69 Å². The minimum absolute atomic E-state index is 0.117. The molecule has 3 rings (SSSR count). The lowest BCUT2D eigenvalue weighted by molar-refractivity contribution is -0.123. The monoisotopic (exact) mass is 351 g/mol. The molecule has 1 unspecified atom stereocenters. The Bertz CT molecular complexity index is 815. The van der Waals surface area contributed by atoms with E-state index in [0.29, 0.717) is 12.1 Å². The van der Waals surface area contributed by atoms with Crippen LogP contribution in [0.3, 0.4) is 0 Å². The van der Waals surface area contributed by atoms with Crippen molar-refractivity contribution >= 4 is 23.4 Å². The van der Waals surface area contributed by atoms with Gasteiger partial charge in [0.25, 0.3) is 0 Å². The summed E-state index contributed by atoms with van der Waals surface area (Å²) in [6.07, 6.45) is 0. The predicted octanol–water partition coefficient (Wildman–Crippen LogP) is 3.52. The van der Waals surface area contributed by atoms with Gasteiger partial charge in [0.2, 0.25) is 5.91 Å². The Kier molecular flexibility index (Phi) is 5.42. The van der Waals surface area contributed by atoms with Gasteiger partial charge in [0.15, 0.2) is 0 Å². The number of nitriles is 1. The molecule has 1 amide bonds. The highest BCUT2D eigenvalue weighted by Gasteiger charge is 2.28. The van der Waals surface area contributed by atoms with Gasteiger partial charge in [-0.05, 0) is 43.8 Å². The Labute approximate surface area is 153 Å². The van der Waals surface area contributed by atoms with Crippen molar-refractivity contribution < 1.29 is 4.79 Å². The average Bonchev–Trinajstić information content (AvgIpc) is 2.66. The minimum Gasteiger partial charge on any atom is -0.309 e. The summed E-state index contributed by atoms with van der Waals surface area (Å²) in [6.45, 7) is 3.32. The van der Waals surface area contributed by atoms with E-state index in [-0.39, 0.29) is 11.9 Å². The molecule has 0 spiro atoms. The van der Waals surface area contributed by atoms with Crippen molar-refractivity contribution in [2.75, 3.05) is 24.2 Å². The number of nitrogens with zero attached hydrogens (tertiary/aromatic N) is 3. The highest BCUT2D eigenvalue weighted by molar-refractivity contribution is 7.99. The maximum atomic E-state index is 13.0. The molecule has 0 radical (unpaired) electrons. The molecule has 2 aromatic rings. The van der Waals surface area contributed by atoms with Crippen LogP contribution in [0.1, 0.15) is 18.1 Å². The molecule has 1 aliphatic rings. The summed E-state index contributed by atoms with van der Waals surface area (Å²) in [6, 6.07) is 17.5. The fourth-order valence-corrected chi connectivity index (χ4v) is 3.97. The van der Waals surface area contributed by atoms with Gasteiger partial charge in [0.05, 0.1) is 23.4 Å². The third-order valence-corrected chi connectivity index (χ3v) is 5.54. The molecule has 4 nitrogen and oxygen atoms in total. The second kappa shape index (κ2) is 7.73. The zero-order valence-electron chi connectivity index (χ0n) is 14.5. The Hall–Kier alpha value is -2.29. The molecule has 1 atom stereocenters. The number of benzene rings is 2. The molecule has 128 valence electrons. The number of carbonyl (C=O) groups is 1. The summed E-state index contributed by atoms with van der Waals surface area (Å²) < 4.78 is 0. The zero-order valence-corrected chi connectivity index (χ0v) is 15.3. The largest absolute Gasteiger partial charge is 0.309 e. The molecule has 0 aliphatic carbocycles. The highest BCUT2D eigenvalue weighted by Crippen LogP contribution is 2.34. The Balaban J connectivity index is 1.73. The lowest BCUT2D eigenvalue weighted by Crippen LogP contribution is -2.47. The van der Waals surface area contributed by atoms with Gasteiger partial charge < -0.3 is 4.90 Å². The molecule has 25 heavy (non-hydrogen) atoms. The minimum atomic E-state index is -0.234. The van der Waals surface area contributed by atoms with Crippen LogP contribution in [-0.4, -0.2) is 36.2 Å². The first-order valence-electron chi connectivity index (χ1n) is 8.32. The van der Waals surface area contributed by atoms with Crippen molar-refractivity contribution in [3.8, 4) is 6.07 Å². The van der Waals surface area contributed by atoms with Gasteiger partial charge in [-0.25, -0.2) is 0 Å². The summed E-state index contributed by atoms with van der Waals surface area (Å²) in [7, 11) is 1.95. The van der Waals surface area contributed by atoms with Crippen molar-refractivity contribution in [1.29, 1.82) is 5.26 Å². The lowest BCUT2D eigenvalue weighted by atomic mass is 10.1. The van der Waals surface area contributed by atoms with E-state index in [0.717, 1.165) is 23.5 Å². The van der Waals surface area contributed by atoms with E-state index in [1.54, 1.807) is 17.8 Å². The fraction of sp³-hybridized carbons (Fsp3) is 0.300. The van der Waals surface area contributed by atoms with Gasteiger partial charge in [0, 0.05) is 23.7 Å². The van der Waals surface area contributed by atoms with Crippen LogP contribution in [0.5, 0.6) is 0 Å². The molecule has 0 saturated carbocycles. The molecular weight excluding hydrogens is 330 g/mol. The topological polar surface area (TPSA) is 47.3 Å². The van der Waals surface area contributed by atoms with Crippen molar-refractivity contribution in [2.45, 2.75) is 24.4 Å². The highest BCUT2D eigenvalue weighted by atomic mass is 32.2. The van der Waals surface area contributed by atoms with E-state index in [1.165, 1.54) is 4.90 Å². The van der Waals surface area contributed by atoms with Crippen molar-refractivity contribution in [2.24, 2.45) is 0 Å². The van der Waals surface area contributed by atoms with Crippen LogP contribution in [0.2, 0.25) is 0 Å². The number of fused-ring (bicyclic) bond motifs is 1. The van der Waals surface area contributed by atoms with Crippen molar-refractivity contribution in [1.82, 2.24) is 4.90 Å². The number of carbonyl (C=O) groups excluding carboxylic acids is 1. The summed E-state index contributed by atoms with van der Waals surface area (Å²) >= 11 is 1.80. The van der Waals surface area contributed by atoms with Crippen LogP contribution in [-0.2, 0) is 11.3 Å². The molecule has 0 N–H and O–H groups in total. The van der Waals surface area contributed by atoms with Gasteiger partial charge >= 0.3 is 0 Å². The molecule has 1 aliphatic heterocycles. The third kappa shape index (κ3) is 3.87. The van der Waals surface area contributed by atoms with Gasteiger partial charge in [-0.3, -0.25) is 9.69 Å². The summed E-state index contributed by atoms with van der Waals surface area (Å²) in [4.78, 5) is 18.1. The number of thioether (sulfide) groups is 1. The number of amides is 1. The fourth-order valence-electron chi connectivity index (χ4n) is 2.98. The number of anilines is 1. The molecule has 0 saturated heterocycles. The van der Waals surface area contributed by atoms with E-state index >= 15 is 0 Å². The van der Waals surface area contributed by atoms with E-state index < -0.39 is 0 Å². The van der Waals surface area contributed by atoms with Crippen molar-refractivity contribution in [3.63, 3.8) is 0 Å². The van der Waals surface area contributed by atoms with E-state index in [4.69, 9.17) is 5.26 Å². The number of hydrogen-bond acceptors (Lipinski definition) is 4. The van der Waals surface area contributed by atoms with Crippen LogP contribution >= 0.6 is 11.8 Å². The lowest BCUT2D eigenvalue weighted by Gasteiger charge is -2.34. The first kappa shape index (κ1) is 17.5. The van der Waals surface area contributed by atoms with Crippen LogP contribution in [0.25, 0.3) is 0 Å². The van der Waals surface area contributed by atoms with E-state index in [2.05, 4.69) is 12.1 Å². The van der Waals surface area contributed by atoms with E-state index in [9.17, 15) is 4.79 Å². The SMILES string of the molecule is CC(C(=O)N1CCSc2ccccc21)N(C)Cc1cccc(C#N)c1. The third-order valence-electron chi connectivity index (χ3n) is 4.50.